The van der Waals surface area contributed by atoms with Crippen LogP contribution in [0.1, 0.15) is 12.8 Å². The Morgan fingerprint density at radius 2 is 2.35 bits per heavy atom. The molecule has 3 heterocycles. The second kappa shape index (κ2) is 3.85. The van der Waals surface area contributed by atoms with Crippen molar-refractivity contribution in [3.8, 4) is 11.4 Å². The standard InChI is InChI=1S/C11H9ClN4O/c1-2-8-15-11(16-17-8)7-5-14-10-6(9(7)12)3-4-13-10/h3-5H,2H2,1H3,(H,13,14). The van der Waals surface area contributed by atoms with E-state index in [2.05, 4.69) is 20.1 Å². The summed E-state index contributed by atoms with van der Waals surface area (Å²) in [7, 11) is 0. The number of aryl methyl sites for hydroxylation is 1. The fourth-order valence-electron chi connectivity index (χ4n) is 1.64. The van der Waals surface area contributed by atoms with Crippen molar-refractivity contribution in [3.63, 3.8) is 0 Å². The van der Waals surface area contributed by atoms with Gasteiger partial charge in [0.2, 0.25) is 11.7 Å². The molecule has 0 spiro atoms. The summed E-state index contributed by atoms with van der Waals surface area (Å²) in [6.07, 6.45) is 4.14. The Bertz CT molecular complexity index is 673. The van der Waals surface area contributed by atoms with Crippen molar-refractivity contribution in [3.05, 3.63) is 29.4 Å². The van der Waals surface area contributed by atoms with Gasteiger partial charge in [-0.15, -0.1) is 0 Å². The molecule has 3 rings (SSSR count). The van der Waals surface area contributed by atoms with Crippen LogP contribution in [0.2, 0.25) is 5.02 Å². The zero-order valence-electron chi connectivity index (χ0n) is 9.07. The van der Waals surface area contributed by atoms with E-state index >= 15 is 0 Å². The van der Waals surface area contributed by atoms with Crippen molar-refractivity contribution in [1.82, 2.24) is 20.1 Å². The van der Waals surface area contributed by atoms with Crippen LogP contribution in [0.5, 0.6) is 0 Å². The second-order valence-electron chi connectivity index (χ2n) is 3.59. The first kappa shape index (κ1) is 10.3. The molecule has 0 aliphatic heterocycles. The number of H-pyrrole nitrogens is 1. The number of nitrogens with one attached hydrogen (secondary N) is 1. The van der Waals surface area contributed by atoms with Crippen LogP contribution in [-0.4, -0.2) is 20.1 Å². The maximum absolute atomic E-state index is 6.29. The lowest BCUT2D eigenvalue weighted by Crippen LogP contribution is -1.87. The first-order valence-corrected chi connectivity index (χ1v) is 5.62. The van der Waals surface area contributed by atoms with Gasteiger partial charge in [-0.05, 0) is 6.07 Å². The van der Waals surface area contributed by atoms with Gasteiger partial charge >= 0.3 is 0 Å². The van der Waals surface area contributed by atoms with Gasteiger partial charge in [-0.2, -0.15) is 4.98 Å². The van der Waals surface area contributed by atoms with Crippen molar-refractivity contribution >= 4 is 22.6 Å². The molecule has 0 aromatic carbocycles. The summed E-state index contributed by atoms with van der Waals surface area (Å²) in [5.41, 5.74) is 1.43. The lowest BCUT2D eigenvalue weighted by molar-refractivity contribution is 0.383. The van der Waals surface area contributed by atoms with E-state index in [0.29, 0.717) is 28.7 Å². The molecule has 0 unspecified atom stereocenters. The maximum atomic E-state index is 6.29. The second-order valence-corrected chi connectivity index (χ2v) is 3.97. The van der Waals surface area contributed by atoms with Gasteiger partial charge in [0.1, 0.15) is 5.65 Å². The summed E-state index contributed by atoms with van der Waals surface area (Å²) in [6, 6.07) is 1.87. The molecule has 0 atom stereocenters. The molecule has 0 bridgehead atoms. The van der Waals surface area contributed by atoms with Gasteiger partial charge in [0, 0.05) is 24.2 Å². The van der Waals surface area contributed by atoms with Gasteiger partial charge in [0.25, 0.3) is 0 Å². The van der Waals surface area contributed by atoms with E-state index < -0.39 is 0 Å². The SMILES string of the molecule is CCc1nc(-c2cnc3[nH]ccc3c2Cl)no1. The fraction of sp³-hybridized carbons (Fsp3) is 0.182. The molecule has 0 radical (unpaired) electrons. The summed E-state index contributed by atoms with van der Waals surface area (Å²) in [5.74, 6) is 1.06. The van der Waals surface area contributed by atoms with Crippen LogP contribution in [0.25, 0.3) is 22.4 Å². The highest BCUT2D eigenvalue weighted by atomic mass is 35.5. The monoisotopic (exact) mass is 248 g/mol. The van der Waals surface area contributed by atoms with Crippen LogP contribution >= 0.6 is 11.6 Å². The number of pyridine rings is 1. The van der Waals surface area contributed by atoms with Crippen molar-refractivity contribution in [2.75, 3.05) is 0 Å². The highest BCUT2D eigenvalue weighted by Crippen LogP contribution is 2.30. The average Bonchev–Trinajstić information content (AvgIpc) is 2.97. The predicted molar refractivity (Wildman–Crippen MR) is 63.8 cm³/mol. The van der Waals surface area contributed by atoms with E-state index in [0.717, 1.165) is 11.0 Å². The third kappa shape index (κ3) is 1.59. The number of nitrogens with zero attached hydrogens (tertiary/aromatic N) is 3. The minimum absolute atomic E-state index is 0.474. The Balaban J connectivity index is 2.19. The van der Waals surface area contributed by atoms with E-state index in [9.17, 15) is 0 Å². The molecule has 0 aliphatic carbocycles. The normalized spacial score (nSPS) is 11.2. The number of aromatic nitrogens is 4. The van der Waals surface area contributed by atoms with Gasteiger partial charge in [-0.25, -0.2) is 4.98 Å². The smallest absolute Gasteiger partial charge is 0.226 e. The fourth-order valence-corrected chi connectivity index (χ4v) is 1.92. The molecule has 0 fully saturated rings. The van der Waals surface area contributed by atoms with E-state index in [4.69, 9.17) is 16.1 Å². The number of hydrogen-bond acceptors (Lipinski definition) is 4. The summed E-state index contributed by atoms with van der Waals surface area (Å²) in [6.45, 7) is 1.95. The van der Waals surface area contributed by atoms with E-state index in [1.54, 1.807) is 12.4 Å². The summed E-state index contributed by atoms with van der Waals surface area (Å²) in [4.78, 5) is 11.5. The number of hydrogen-bond donors (Lipinski definition) is 1. The molecule has 3 aromatic heterocycles. The Morgan fingerprint density at radius 3 is 3.12 bits per heavy atom. The lowest BCUT2D eigenvalue weighted by Gasteiger charge is -1.99. The number of fused-ring (bicyclic) bond motifs is 1. The molecular weight excluding hydrogens is 240 g/mol. The maximum Gasteiger partial charge on any atom is 0.226 e. The molecule has 0 amide bonds. The minimum Gasteiger partial charge on any atom is -0.346 e. The van der Waals surface area contributed by atoms with E-state index in [1.807, 2.05) is 13.0 Å². The average molecular weight is 249 g/mol. The van der Waals surface area contributed by atoms with Gasteiger partial charge in [0.15, 0.2) is 0 Å². The van der Waals surface area contributed by atoms with Crippen molar-refractivity contribution < 1.29 is 4.52 Å². The molecule has 17 heavy (non-hydrogen) atoms. The van der Waals surface area contributed by atoms with E-state index in [1.165, 1.54) is 0 Å². The molecule has 0 aliphatic rings. The van der Waals surface area contributed by atoms with Crippen LogP contribution in [0, 0.1) is 0 Å². The highest BCUT2D eigenvalue weighted by Gasteiger charge is 2.14. The molecule has 86 valence electrons. The Hall–Kier alpha value is -1.88. The van der Waals surface area contributed by atoms with Crippen molar-refractivity contribution in [1.29, 1.82) is 0 Å². The predicted octanol–water partition coefficient (Wildman–Crippen LogP) is 2.83. The van der Waals surface area contributed by atoms with Crippen molar-refractivity contribution in [2.24, 2.45) is 0 Å². The number of rotatable bonds is 2. The molecule has 1 N–H and O–H groups in total. The van der Waals surface area contributed by atoms with Crippen LogP contribution < -0.4 is 0 Å². The van der Waals surface area contributed by atoms with Crippen molar-refractivity contribution in [2.45, 2.75) is 13.3 Å². The van der Waals surface area contributed by atoms with Gasteiger partial charge < -0.3 is 9.51 Å². The first-order chi connectivity index (χ1) is 8.29. The summed E-state index contributed by atoms with van der Waals surface area (Å²) in [5, 5.41) is 5.33. The molecule has 6 heteroatoms. The summed E-state index contributed by atoms with van der Waals surface area (Å²) >= 11 is 6.29. The molecule has 0 saturated heterocycles. The van der Waals surface area contributed by atoms with Crippen LogP contribution in [0.15, 0.2) is 23.0 Å². The molecule has 3 aromatic rings. The third-order valence-corrected chi connectivity index (χ3v) is 2.94. The molecule has 0 saturated carbocycles. The Morgan fingerprint density at radius 1 is 1.47 bits per heavy atom. The van der Waals surface area contributed by atoms with Crippen LogP contribution in [-0.2, 0) is 6.42 Å². The quantitative estimate of drug-likeness (QED) is 0.757. The minimum atomic E-state index is 0.474. The Labute approximate surface area is 102 Å². The number of aromatic amines is 1. The van der Waals surface area contributed by atoms with Gasteiger partial charge in [-0.3, -0.25) is 0 Å². The largest absolute Gasteiger partial charge is 0.346 e. The Kier molecular flexibility index (Phi) is 2.33. The number of halogens is 1. The zero-order chi connectivity index (χ0) is 11.8. The first-order valence-electron chi connectivity index (χ1n) is 5.24. The third-order valence-electron chi connectivity index (χ3n) is 2.53. The van der Waals surface area contributed by atoms with Gasteiger partial charge in [-0.1, -0.05) is 23.7 Å². The van der Waals surface area contributed by atoms with Crippen LogP contribution in [0.4, 0.5) is 0 Å². The molecular formula is C11H9ClN4O. The zero-order valence-corrected chi connectivity index (χ0v) is 9.82. The van der Waals surface area contributed by atoms with Crippen LogP contribution in [0.3, 0.4) is 0 Å². The lowest BCUT2D eigenvalue weighted by atomic mass is 10.2. The topological polar surface area (TPSA) is 67.6 Å². The van der Waals surface area contributed by atoms with Gasteiger partial charge in [0.05, 0.1) is 10.6 Å². The molecule has 5 nitrogen and oxygen atoms in total. The van der Waals surface area contributed by atoms with E-state index in [-0.39, 0.29) is 0 Å². The highest BCUT2D eigenvalue weighted by molar-refractivity contribution is 6.37. The summed E-state index contributed by atoms with van der Waals surface area (Å²) < 4.78 is 5.06.